The van der Waals surface area contributed by atoms with Gasteiger partial charge in [0, 0.05) is 18.8 Å². The van der Waals surface area contributed by atoms with Crippen molar-refractivity contribution in [1.29, 1.82) is 0 Å². The lowest BCUT2D eigenvalue weighted by atomic mass is 10.0. The monoisotopic (exact) mass is 274 g/mol. The summed E-state index contributed by atoms with van der Waals surface area (Å²) in [5.41, 5.74) is 1.81. The van der Waals surface area contributed by atoms with Gasteiger partial charge in [-0.2, -0.15) is 0 Å². The van der Waals surface area contributed by atoms with Crippen LogP contribution in [-0.2, 0) is 0 Å². The molecule has 1 N–H and O–H groups in total. The predicted molar refractivity (Wildman–Crippen MR) is 72.5 cm³/mol. The van der Waals surface area contributed by atoms with Crippen LogP contribution in [0.2, 0.25) is 0 Å². The molecule has 0 aliphatic heterocycles. The van der Waals surface area contributed by atoms with Gasteiger partial charge in [0.2, 0.25) is 0 Å². The van der Waals surface area contributed by atoms with Crippen molar-refractivity contribution in [3.63, 3.8) is 0 Å². The summed E-state index contributed by atoms with van der Waals surface area (Å²) in [5.74, 6) is -0.311. The molecule has 1 aromatic carbocycles. The molecule has 0 aliphatic rings. The van der Waals surface area contributed by atoms with E-state index < -0.39 is 6.43 Å². The first-order chi connectivity index (χ1) is 8.86. The van der Waals surface area contributed by atoms with Gasteiger partial charge in [0.15, 0.2) is 0 Å². The van der Waals surface area contributed by atoms with Crippen molar-refractivity contribution < 1.29 is 13.2 Å². The molecule has 2 nitrogen and oxygen atoms in total. The van der Waals surface area contributed by atoms with E-state index in [-0.39, 0.29) is 18.4 Å². The molecule has 0 amide bonds. The van der Waals surface area contributed by atoms with E-state index in [1.54, 1.807) is 20.0 Å². The molecule has 0 aromatic heterocycles. The average Bonchev–Trinajstić information content (AvgIpc) is 2.31. The van der Waals surface area contributed by atoms with Gasteiger partial charge in [0.25, 0.3) is 6.43 Å². The smallest absolute Gasteiger partial charge is 0.255 e. The number of nitrogens with zero attached hydrogens (tertiary/aromatic N) is 1. The molecule has 5 heteroatoms. The Bertz CT molecular complexity index is 421. The van der Waals surface area contributed by atoms with Gasteiger partial charge in [-0.1, -0.05) is 6.92 Å². The van der Waals surface area contributed by atoms with Crippen LogP contribution >= 0.6 is 0 Å². The van der Waals surface area contributed by atoms with Gasteiger partial charge in [0.05, 0.1) is 6.54 Å². The molecule has 0 fully saturated rings. The van der Waals surface area contributed by atoms with Crippen LogP contribution in [0, 0.1) is 12.7 Å². The van der Waals surface area contributed by atoms with Gasteiger partial charge in [-0.15, -0.1) is 0 Å². The Hall–Kier alpha value is -1.23. The zero-order valence-corrected chi connectivity index (χ0v) is 11.8. The Kier molecular flexibility index (Phi) is 5.66. The predicted octanol–water partition coefficient (Wildman–Crippen LogP) is 3.51. The minimum absolute atomic E-state index is 0.0878. The second-order valence-electron chi connectivity index (χ2n) is 4.71. The second-order valence-corrected chi connectivity index (χ2v) is 4.71. The number of anilines is 1. The quantitative estimate of drug-likeness (QED) is 0.854. The number of hydrogen-bond acceptors (Lipinski definition) is 2. The van der Waals surface area contributed by atoms with E-state index in [0.29, 0.717) is 16.8 Å². The Morgan fingerprint density at radius 1 is 1.32 bits per heavy atom. The maximum absolute atomic E-state index is 13.7. The normalized spacial score (nSPS) is 12.8. The molecule has 0 saturated heterocycles. The molecule has 0 heterocycles. The van der Waals surface area contributed by atoms with Gasteiger partial charge < -0.3 is 10.2 Å². The summed E-state index contributed by atoms with van der Waals surface area (Å²) in [6.07, 6.45) is -2.42. The summed E-state index contributed by atoms with van der Waals surface area (Å²) in [5, 5.41) is 3.18. The van der Waals surface area contributed by atoms with Crippen molar-refractivity contribution >= 4 is 5.69 Å². The number of hydrogen-bond donors (Lipinski definition) is 1. The van der Waals surface area contributed by atoms with Gasteiger partial charge in [-0.05, 0) is 43.7 Å². The number of alkyl halides is 2. The Morgan fingerprint density at radius 2 is 1.95 bits per heavy atom. The van der Waals surface area contributed by atoms with Crippen LogP contribution in [0.1, 0.15) is 31.0 Å². The SMILES string of the molecule is CCNC(C)c1cc(F)c(C)cc1N(C)CC(F)F. The number of aryl methyl sites for hydroxylation is 1. The summed E-state index contributed by atoms with van der Waals surface area (Å²) in [4.78, 5) is 1.47. The molecule has 1 rings (SSSR count). The van der Waals surface area contributed by atoms with Crippen molar-refractivity contribution in [3.8, 4) is 0 Å². The minimum Gasteiger partial charge on any atom is -0.369 e. The van der Waals surface area contributed by atoms with Crippen molar-refractivity contribution in [2.24, 2.45) is 0 Å². The molecule has 1 atom stereocenters. The summed E-state index contributed by atoms with van der Waals surface area (Å²) >= 11 is 0. The van der Waals surface area contributed by atoms with Gasteiger partial charge in [-0.3, -0.25) is 0 Å². The van der Waals surface area contributed by atoms with Gasteiger partial charge >= 0.3 is 0 Å². The third-order valence-electron chi connectivity index (χ3n) is 3.11. The van der Waals surface area contributed by atoms with Crippen LogP contribution in [0.4, 0.5) is 18.9 Å². The van der Waals surface area contributed by atoms with Gasteiger partial charge in [0.1, 0.15) is 5.82 Å². The summed E-state index contributed by atoms with van der Waals surface area (Å²) in [6, 6.07) is 2.97. The lowest BCUT2D eigenvalue weighted by molar-refractivity contribution is 0.156. The van der Waals surface area contributed by atoms with Crippen LogP contribution in [0.5, 0.6) is 0 Å². The maximum Gasteiger partial charge on any atom is 0.255 e. The molecule has 0 spiro atoms. The van der Waals surface area contributed by atoms with E-state index in [4.69, 9.17) is 0 Å². The standard InChI is InChI=1S/C14H21F3N2/c1-5-18-10(3)11-7-12(15)9(2)6-13(11)19(4)8-14(16)17/h6-7,10,14,18H,5,8H2,1-4H3. The van der Waals surface area contributed by atoms with Crippen molar-refractivity contribution in [3.05, 3.63) is 29.1 Å². The third kappa shape index (κ3) is 4.13. The van der Waals surface area contributed by atoms with E-state index in [1.165, 1.54) is 11.0 Å². The molecule has 0 bridgehead atoms. The highest BCUT2D eigenvalue weighted by Gasteiger charge is 2.17. The highest BCUT2D eigenvalue weighted by molar-refractivity contribution is 5.56. The molecular formula is C14H21F3N2. The molecule has 0 saturated carbocycles. The Labute approximate surface area is 112 Å². The van der Waals surface area contributed by atoms with E-state index in [2.05, 4.69) is 5.32 Å². The zero-order valence-electron chi connectivity index (χ0n) is 11.8. The van der Waals surface area contributed by atoms with Gasteiger partial charge in [-0.25, -0.2) is 13.2 Å². The van der Waals surface area contributed by atoms with E-state index >= 15 is 0 Å². The molecule has 0 radical (unpaired) electrons. The lowest BCUT2D eigenvalue weighted by Crippen LogP contribution is -2.27. The second kappa shape index (κ2) is 6.80. The fourth-order valence-electron chi connectivity index (χ4n) is 2.08. The Morgan fingerprint density at radius 3 is 2.47 bits per heavy atom. The summed E-state index contributed by atoms with van der Waals surface area (Å²) < 4.78 is 38.7. The van der Waals surface area contributed by atoms with Crippen molar-refractivity contribution in [2.75, 3.05) is 25.0 Å². The van der Waals surface area contributed by atoms with E-state index in [1.807, 2.05) is 13.8 Å². The molecule has 1 aromatic rings. The lowest BCUT2D eigenvalue weighted by Gasteiger charge is -2.26. The minimum atomic E-state index is -2.42. The van der Waals surface area contributed by atoms with Crippen molar-refractivity contribution in [2.45, 2.75) is 33.2 Å². The van der Waals surface area contributed by atoms with Crippen LogP contribution in [-0.4, -0.2) is 26.6 Å². The first-order valence-corrected chi connectivity index (χ1v) is 6.39. The third-order valence-corrected chi connectivity index (χ3v) is 3.11. The summed E-state index contributed by atoms with van der Waals surface area (Å²) in [7, 11) is 1.60. The van der Waals surface area contributed by atoms with Crippen LogP contribution in [0.25, 0.3) is 0 Å². The summed E-state index contributed by atoms with van der Waals surface area (Å²) in [6.45, 7) is 5.85. The van der Waals surface area contributed by atoms with Crippen LogP contribution in [0.15, 0.2) is 12.1 Å². The molecule has 0 aliphatic carbocycles. The molecule has 108 valence electrons. The highest BCUT2D eigenvalue weighted by Crippen LogP contribution is 2.29. The number of benzene rings is 1. The zero-order chi connectivity index (χ0) is 14.6. The topological polar surface area (TPSA) is 15.3 Å². The maximum atomic E-state index is 13.7. The highest BCUT2D eigenvalue weighted by atomic mass is 19.3. The molecule has 1 unspecified atom stereocenters. The van der Waals surface area contributed by atoms with E-state index in [9.17, 15) is 13.2 Å². The largest absolute Gasteiger partial charge is 0.369 e. The first-order valence-electron chi connectivity index (χ1n) is 6.39. The number of rotatable bonds is 6. The number of nitrogens with one attached hydrogen (secondary N) is 1. The Balaban J connectivity index is 3.15. The average molecular weight is 274 g/mol. The van der Waals surface area contributed by atoms with E-state index in [0.717, 1.165) is 6.54 Å². The first kappa shape index (κ1) is 15.8. The van der Waals surface area contributed by atoms with Crippen molar-refractivity contribution in [1.82, 2.24) is 5.32 Å². The molecular weight excluding hydrogens is 253 g/mol. The fourth-order valence-corrected chi connectivity index (χ4v) is 2.08. The van der Waals surface area contributed by atoms with Crippen LogP contribution < -0.4 is 10.2 Å². The fraction of sp³-hybridized carbons (Fsp3) is 0.571. The molecule has 19 heavy (non-hydrogen) atoms. The van der Waals surface area contributed by atoms with Crippen LogP contribution in [0.3, 0.4) is 0 Å². The number of halogens is 3.